The highest BCUT2D eigenvalue weighted by molar-refractivity contribution is 4.68. The molecule has 2 unspecified atom stereocenters. The molecule has 15 heavy (non-hydrogen) atoms. The van der Waals surface area contributed by atoms with Crippen LogP contribution >= 0.6 is 0 Å². The van der Waals surface area contributed by atoms with E-state index in [9.17, 15) is 0 Å². The van der Waals surface area contributed by atoms with Crippen LogP contribution in [0.3, 0.4) is 0 Å². The van der Waals surface area contributed by atoms with E-state index in [2.05, 4.69) is 33.1 Å². The molecule has 0 radical (unpaired) electrons. The van der Waals surface area contributed by atoms with E-state index in [1.807, 2.05) is 0 Å². The molecule has 0 heterocycles. The molecule has 92 valence electrons. The molecule has 0 saturated carbocycles. The molecular weight excluding hydrogens is 186 g/mol. The van der Waals surface area contributed by atoms with Gasteiger partial charge in [0, 0.05) is 19.3 Å². The van der Waals surface area contributed by atoms with Gasteiger partial charge in [0.15, 0.2) is 0 Å². The summed E-state index contributed by atoms with van der Waals surface area (Å²) >= 11 is 0. The lowest BCUT2D eigenvalue weighted by Crippen LogP contribution is -2.27. The molecule has 2 atom stereocenters. The lowest BCUT2D eigenvalue weighted by atomic mass is 9.95. The predicted octanol–water partition coefficient (Wildman–Crippen LogP) is 3.22. The molecule has 0 aliphatic heterocycles. The van der Waals surface area contributed by atoms with Gasteiger partial charge in [-0.15, -0.1) is 0 Å². The Hall–Kier alpha value is -0.0800. The molecule has 0 amide bonds. The third-order valence-electron chi connectivity index (χ3n) is 2.92. The van der Waals surface area contributed by atoms with Crippen molar-refractivity contribution in [2.24, 2.45) is 5.92 Å². The molecule has 0 bridgehead atoms. The van der Waals surface area contributed by atoms with Crippen molar-refractivity contribution in [3.63, 3.8) is 0 Å². The van der Waals surface area contributed by atoms with Crippen LogP contribution in [0.4, 0.5) is 0 Å². The van der Waals surface area contributed by atoms with E-state index in [1.165, 1.54) is 32.1 Å². The van der Waals surface area contributed by atoms with E-state index < -0.39 is 0 Å². The second-order valence-corrected chi connectivity index (χ2v) is 4.45. The minimum Gasteiger partial charge on any atom is -0.382 e. The summed E-state index contributed by atoms with van der Waals surface area (Å²) in [5, 5.41) is 3.41. The Labute approximate surface area is 95.8 Å². The fourth-order valence-corrected chi connectivity index (χ4v) is 2.05. The molecule has 0 aromatic carbocycles. The highest BCUT2D eigenvalue weighted by Gasteiger charge is 2.10. The van der Waals surface area contributed by atoms with Crippen LogP contribution in [-0.2, 0) is 4.74 Å². The molecule has 2 nitrogen and oxygen atoms in total. The summed E-state index contributed by atoms with van der Waals surface area (Å²) in [5.41, 5.74) is 0. The van der Waals surface area contributed by atoms with Gasteiger partial charge < -0.3 is 10.1 Å². The highest BCUT2D eigenvalue weighted by Crippen LogP contribution is 2.15. The number of ether oxygens (including phenoxy) is 1. The maximum atomic E-state index is 5.35. The van der Waals surface area contributed by atoms with Crippen LogP contribution in [0.25, 0.3) is 0 Å². The van der Waals surface area contributed by atoms with E-state index in [0.29, 0.717) is 6.04 Å². The molecule has 0 aliphatic carbocycles. The average molecular weight is 215 g/mol. The molecule has 0 fully saturated rings. The summed E-state index contributed by atoms with van der Waals surface area (Å²) in [6.07, 6.45) is 6.37. The zero-order chi connectivity index (χ0) is 11.5. The summed E-state index contributed by atoms with van der Waals surface area (Å²) in [4.78, 5) is 0. The van der Waals surface area contributed by atoms with Crippen molar-refractivity contribution in [3.8, 4) is 0 Å². The van der Waals surface area contributed by atoms with Gasteiger partial charge in [-0.25, -0.2) is 0 Å². The fourth-order valence-electron chi connectivity index (χ4n) is 2.05. The van der Waals surface area contributed by atoms with Crippen molar-refractivity contribution >= 4 is 0 Å². The Bertz CT molecular complexity index is 128. The van der Waals surface area contributed by atoms with Crippen molar-refractivity contribution in [1.82, 2.24) is 5.32 Å². The van der Waals surface area contributed by atoms with Gasteiger partial charge in [0.25, 0.3) is 0 Å². The zero-order valence-corrected chi connectivity index (χ0v) is 11.0. The van der Waals surface area contributed by atoms with Crippen LogP contribution in [0.5, 0.6) is 0 Å². The van der Waals surface area contributed by atoms with Gasteiger partial charge >= 0.3 is 0 Å². The number of rotatable bonds is 10. The van der Waals surface area contributed by atoms with Gasteiger partial charge in [-0.05, 0) is 39.2 Å². The molecular formula is C13H29NO. The summed E-state index contributed by atoms with van der Waals surface area (Å²) in [6, 6.07) is 0.673. The average Bonchev–Trinajstić information content (AvgIpc) is 2.23. The first-order chi connectivity index (χ1) is 7.24. The third kappa shape index (κ3) is 8.88. The van der Waals surface area contributed by atoms with E-state index >= 15 is 0 Å². The van der Waals surface area contributed by atoms with Gasteiger partial charge in [-0.3, -0.25) is 0 Å². The van der Waals surface area contributed by atoms with Crippen molar-refractivity contribution in [1.29, 1.82) is 0 Å². The number of hydrogen-bond donors (Lipinski definition) is 1. The molecule has 1 N–H and O–H groups in total. The van der Waals surface area contributed by atoms with Gasteiger partial charge in [0.05, 0.1) is 0 Å². The van der Waals surface area contributed by atoms with Crippen molar-refractivity contribution in [2.45, 2.75) is 58.9 Å². The summed E-state index contributed by atoms with van der Waals surface area (Å²) in [6.45, 7) is 8.43. The quantitative estimate of drug-likeness (QED) is 0.565. The first-order valence-corrected chi connectivity index (χ1v) is 6.49. The van der Waals surface area contributed by atoms with Crippen molar-refractivity contribution in [3.05, 3.63) is 0 Å². The Kier molecular flexibility index (Phi) is 10.4. The van der Waals surface area contributed by atoms with E-state index in [-0.39, 0.29) is 0 Å². The van der Waals surface area contributed by atoms with Gasteiger partial charge in [0.2, 0.25) is 0 Å². The topological polar surface area (TPSA) is 21.3 Å². The molecule has 0 rings (SSSR count). The smallest absolute Gasteiger partial charge is 0.0466 e. The van der Waals surface area contributed by atoms with Gasteiger partial charge in [-0.1, -0.05) is 26.7 Å². The molecule has 0 aliphatic rings. The monoisotopic (exact) mass is 215 g/mol. The van der Waals surface area contributed by atoms with Gasteiger partial charge in [-0.2, -0.15) is 0 Å². The summed E-state index contributed by atoms with van der Waals surface area (Å²) < 4.78 is 5.35. The normalized spacial score (nSPS) is 15.2. The molecule has 0 aromatic heterocycles. The van der Waals surface area contributed by atoms with Crippen LogP contribution in [0.2, 0.25) is 0 Å². The Morgan fingerprint density at radius 1 is 1.20 bits per heavy atom. The van der Waals surface area contributed by atoms with Crippen molar-refractivity contribution < 1.29 is 4.74 Å². The molecule has 0 aromatic rings. The number of hydrogen-bond acceptors (Lipinski definition) is 2. The van der Waals surface area contributed by atoms with Crippen LogP contribution in [0.15, 0.2) is 0 Å². The summed E-state index contributed by atoms with van der Waals surface area (Å²) in [7, 11) is 2.07. The predicted molar refractivity (Wildman–Crippen MR) is 67.3 cm³/mol. The fraction of sp³-hybridized carbons (Fsp3) is 1.00. The Morgan fingerprint density at radius 2 is 1.93 bits per heavy atom. The highest BCUT2D eigenvalue weighted by atomic mass is 16.5. The largest absolute Gasteiger partial charge is 0.382 e. The number of nitrogens with one attached hydrogen (secondary N) is 1. The lowest BCUT2D eigenvalue weighted by molar-refractivity contribution is 0.140. The minimum absolute atomic E-state index is 0.673. The summed E-state index contributed by atoms with van der Waals surface area (Å²) in [5.74, 6) is 0.847. The zero-order valence-electron chi connectivity index (χ0n) is 11.0. The third-order valence-corrected chi connectivity index (χ3v) is 2.92. The SMILES string of the molecule is CCCC(C)CC(CCCOCC)NC. The van der Waals surface area contributed by atoms with Crippen LogP contribution in [-0.4, -0.2) is 26.3 Å². The van der Waals surface area contributed by atoms with Crippen molar-refractivity contribution in [2.75, 3.05) is 20.3 Å². The standard InChI is InChI=1S/C13H29NO/c1-5-8-12(3)11-13(14-4)9-7-10-15-6-2/h12-14H,5-11H2,1-4H3. The maximum absolute atomic E-state index is 5.35. The second kappa shape index (κ2) is 10.4. The van der Waals surface area contributed by atoms with Crippen LogP contribution in [0, 0.1) is 5.92 Å². The first kappa shape index (κ1) is 14.9. The second-order valence-electron chi connectivity index (χ2n) is 4.45. The minimum atomic E-state index is 0.673. The van der Waals surface area contributed by atoms with Gasteiger partial charge in [0.1, 0.15) is 0 Å². The molecule has 0 saturated heterocycles. The van der Waals surface area contributed by atoms with E-state index in [4.69, 9.17) is 4.74 Å². The Morgan fingerprint density at radius 3 is 2.47 bits per heavy atom. The van der Waals surface area contributed by atoms with Crippen LogP contribution in [0.1, 0.15) is 52.9 Å². The van der Waals surface area contributed by atoms with Crippen LogP contribution < -0.4 is 5.32 Å². The molecule has 2 heteroatoms. The first-order valence-electron chi connectivity index (χ1n) is 6.49. The maximum Gasteiger partial charge on any atom is 0.0466 e. The van der Waals surface area contributed by atoms with E-state index in [1.54, 1.807) is 0 Å². The van der Waals surface area contributed by atoms with E-state index in [0.717, 1.165) is 19.1 Å². The Balaban J connectivity index is 3.53. The lowest BCUT2D eigenvalue weighted by Gasteiger charge is -2.20. The molecule has 0 spiro atoms.